The molecular formula is C19H36N2. The number of unbranched alkanes of at least 4 members (excludes halogenated alkanes) is 6. The Kier molecular flexibility index (Phi) is 14.8. The molecule has 0 aliphatic heterocycles. The second-order valence-corrected chi connectivity index (χ2v) is 5.82. The smallest absolute Gasteiger partial charge is 0.0612 e. The predicted molar refractivity (Wildman–Crippen MR) is 97.7 cm³/mol. The molecule has 21 heavy (non-hydrogen) atoms. The fraction of sp³-hybridized carbons (Fsp3) is 0.789. The van der Waals surface area contributed by atoms with Gasteiger partial charge < -0.3 is 0 Å². The molecule has 1 atom stereocenters. The molecule has 0 aromatic heterocycles. The van der Waals surface area contributed by atoms with Crippen LogP contribution in [0.25, 0.3) is 0 Å². The summed E-state index contributed by atoms with van der Waals surface area (Å²) in [6.07, 6.45) is 19.0. The predicted octanol–water partition coefficient (Wildman–Crippen LogP) is 6.22. The zero-order chi connectivity index (χ0) is 15.8. The van der Waals surface area contributed by atoms with Gasteiger partial charge in [0.25, 0.3) is 0 Å². The van der Waals surface area contributed by atoms with E-state index in [-0.39, 0.29) is 0 Å². The lowest BCUT2D eigenvalue weighted by Crippen LogP contribution is -2.16. The molecule has 0 saturated heterocycles. The maximum absolute atomic E-state index is 4.61. The van der Waals surface area contributed by atoms with E-state index in [1.807, 2.05) is 32.5 Å². The topological polar surface area (TPSA) is 24.7 Å². The lowest BCUT2D eigenvalue weighted by molar-refractivity contribution is 0.497. The number of allylic oxidation sites excluding steroid dienone is 1. The van der Waals surface area contributed by atoms with Gasteiger partial charge in [0.1, 0.15) is 0 Å². The lowest BCUT2D eigenvalue weighted by Gasteiger charge is -2.16. The van der Waals surface area contributed by atoms with Crippen molar-refractivity contribution in [2.45, 2.75) is 85.0 Å². The molecule has 0 bridgehead atoms. The third-order valence-electron chi connectivity index (χ3n) is 3.86. The minimum atomic E-state index is 0.582. The Hall–Kier alpha value is -0.920. The molecule has 2 heteroatoms. The normalized spacial score (nSPS) is 14.4. The van der Waals surface area contributed by atoms with Gasteiger partial charge in [0, 0.05) is 25.4 Å². The van der Waals surface area contributed by atoms with E-state index in [1.54, 1.807) is 0 Å². The molecule has 0 saturated carbocycles. The van der Waals surface area contributed by atoms with Crippen molar-refractivity contribution in [3.8, 4) is 0 Å². The summed E-state index contributed by atoms with van der Waals surface area (Å²) in [6, 6.07) is 0. The summed E-state index contributed by atoms with van der Waals surface area (Å²) in [4.78, 5) is 8.82. The SMILES string of the molecule is C\C=C/N=C(\C=N/C)C(CCCCC)CCCCCCC. The quantitative estimate of drug-likeness (QED) is 0.284. The highest BCUT2D eigenvalue weighted by Crippen LogP contribution is 2.20. The fourth-order valence-corrected chi connectivity index (χ4v) is 2.61. The van der Waals surface area contributed by atoms with Crippen molar-refractivity contribution in [1.82, 2.24) is 0 Å². The van der Waals surface area contributed by atoms with Crippen molar-refractivity contribution in [1.29, 1.82) is 0 Å². The van der Waals surface area contributed by atoms with Crippen LogP contribution in [-0.4, -0.2) is 19.0 Å². The van der Waals surface area contributed by atoms with Crippen LogP contribution in [0.4, 0.5) is 0 Å². The number of aliphatic imine (C=N–C) groups is 2. The Morgan fingerprint density at radius 1 is 0.905 bits per heavy atom. The van der Waals surface area contributed by atoms with Crippen molar-refractivity contribution in [2.24, 2.45) is 15.9 Å². The molecule has 0 aromatic rings. The minimum absolute atomic E-state index is 0.582. The highest BCUT2D eigenvalue weighted by molar-refractivity contribution is 6.31. The molecule has 1 unspecified atom stereocenters. The molecule has 0 aliphatic carbocycles. The minimum Gasteiger partial charge on any atom is -0.295 e. The van der Waals surface area contributed by atoms with Gasteiger partial charge in [-0.3, -0.25) is 9.98 Å². The number of rotatable bonds is 13. The van der Waals surface area contributed by atoms with Crippen LogP contribution in [0.1, 0.15) is 85.0 Å². The van der Waals surface area contributed by atoms with Gasteiger partial charge in [0.05, 0.1) is 5.71 Å². The average Bonchev–Trinajstić information content (AvgIpc) is 2.50. The van der Waals surface area contributed by atoms with Crippen molar-refractivity contribution in [3.05, 3.63) is 12.3 Å². The molecule has 122 valence electrons. The van der Waals surface area contributed by atoms with E-state index in [1.165, 1.54) is 69.9 Å². The molecule has 0 N–H and O–H groups in total. The molecule has 0 rings (SSSR count). The largest absolute Gasteiger partial charge is 0.295 e. The van der Waals surface area contributed by atoms with Crippen LogP contribution in [0.3, 0.4) is 0 Å². The van der Waals surface area contributed by atoms with Crippen molar-refractivity contribution in [2.75, 3.05) is 7.05 Å². The van der Waals surface area contributed by atoms with Crippen LogP contribution in [0.5, 0.6) is 0 Å². The van der Waals surface area contributed by atoms with Gasteiger partial charge in [-0.2, -0.15) is 0 Å². The highest BCUT2D eigenvalue weighted by atomic mass is 14.7. The Morgan fingerprint density at radius 3 is 2.05 bits per heavy atom. The van der Waals surface area contributed by atoms with Gasteiger partial charge in [-0.25, -0.2) is 0 Å². The van der Waals surface area contributed by atoms with Crippen LogP contribution in [0.2, 0.25) is 0 Å². The zero-order valence-corrected chi connectivity index (χ0v) is 14.8. The Labute approximate surface area is 132 Å². The molecule has 0 amide bonds. The summed E-state index contributed by atoms with van der Waals surface area (Å²) >= 11 is 0. The Morgan fingerprint density at radius 2 is 1.48 bits per heavy atom. The van der Waals surface area contributed by atoms with Crippen LogP contribution >= 0.6 is 0 Å². The molecule has 0 heterocycles. The molecule has 0 fully saturated rings. The van der Waals surface area contributed by atoms with Gasteiger partial charge in [-0.1, -0.05) is 71.3 Å². The number of hydrogen-bond acceptors (Lipinski definition) is 2. The summed E-state index contributed by atoms with van der Waals surface area (Å²) in [5, 5.41) is 0. The summed E-state index contributed by atoms with van der Waals surface area (Å²) in [7, 11) is 1.84. The summed E-state index contributed by atoms with van der Waals surface area (Å²) in [5.74, 6) is 0.582. The standard InChI is InChI=1S/C19H36N2/c1-5-8-10-11-13-15-18(14-12-9-6-2)19(17-20-4)21-16-7-3/h7,16-18H,5-6,8-15H2,1-4H3/b16-7-,20-17-,21-19+. The van der Waals surface area contributed by atoms with E-state index in [2.05, 4.69) is 23.8 Å². The molecule has 0 radical (unpaired) electrons. The van der Waals surface area contributed by atoms with Gasteiger partial charge in [0.2, 0.25) is 0 Å². The molecule has 0 spiro atoms. The average molecular weight is 293 g/mol. The van der Waals surface area contributed by atoms with E-state index in [9.17, 15) is 0 Å². The van der Waals surface area contributed by atoms with E-state index >= 15 is 0 Å². The van der Waals surface area contributed by atoms with Gasteiger partial charge in [-0.05, 0) is 19.8 Å². The van der Waals surface area contributed by atoms with Crippen molar-refractivity contribution in [3.63, 3.8) is 0 Å². The molecule has 0 aromatic carbocycles. The highest BCUT2D eigenvalue weighted by Gasteiger charge is 2.13. The van der Waals surface area contributed by atoms with Crippen molar-refractivity contribution >= 4 is 11.9 Å². The molecule has 2 nitrogen and oxygen atoms in total. The summed E-state index contributed by atoms with van der Waals surface area (Å²) < 4.78 is 0. The van der Waals surface area contributed by atoms with Gasteiger partial charge in [-0.15, -0.1) is 0 Å². The second kappa shape index (κ2) is 15.5. The third-order valence-corrected chi connectivity index (χ3v) is 3.86. The van der Waals surface area contributed by atoms with Gasteiger partial charge >= 0.3 is 0 Å². The Balaban J connectivity index is 4.51. The third kappa shape index (κ3) is 11.4. The maximum Gasteiger partial charge on any atom is 0.0612 e. The summed E-state index contributed by atoms with van der Waals surface area (Å²) in [6.45, 7) is 6.55. The summed E-state index contributed by atoms with van der Waals surface area (Å²) in [5.41, 5.74) is 1.17. The van der Waals surface area contributed by atoms with Crippen LogP contribution in [-0.2, 0) is 0 Å². The molecular weight excluding hydrogens is 256 g/mol. The first-order valence-electron chi connectivity index (χ1n) is 8.91. The second-order valence-electron chi connectivity index (χ2n) is 5.82. The Bertz CT molecular complexity index is 303. The van der Waals surface area contributed by atoms with Gasteiger partial charge in [0.15, 0.2) is 0 Å². The van der Waals surface area contributed by atoms with E-state index < -0.39 is 0 Å². The van der Waals surface area contributed by atoms with Crippen LogP contribution in [0, 0.1) is 5.92 Å². The monoisotopic (exact) mass is 292 g/mol. The maximum atomic E-state index is 4.61. The van der Waals surface area contributed by atoms with E-state index in [0.717, 1.165) is 0 Å². The fourth-order valence-electron chi connectivity index (χ4n) is 2.61. The first-order chi connectivity index (χ1) is 10.3. The number of hydrogen-bond donors (Lipinski definition) is 0. The first-order valence-corrected chi connectivity index (χ1v) is 8.91. The first kappa shape index (κ1) is 20.1. The van der Waals surface area contributed by atoms with E-state index in [0.29, 0.717) is 5.92 Å². The van der Waals surface area contributed by atoms with E-state index in [4.69, 9.17) is 0 Å². The lowest BCUT2D eigenvalue weighted by atomic mass is 9.90. The molecule has 0 aliphatic rings. The van der Waals surface area contributed by atoms with Crippen LogP contribution in [0.15, 0.2) is 22.3 Å². The zero-order valence-electron chi connectivity index (χ0n) is 14.8. The van der Waals surface area contributed by atoms with Crippen LogP contribution < -0.4 is 0 Å². The van der Waals surface area contributed by atoms with Crippen molar-refractivity contribution < 1.29 is 0 Å². The number of nitrogens with zero attached hydrogens (tertiary/aromatic N) is 2.